The van der Waals surface area contributed by atoms with Gasteiger partial charge in [0.15, 0.2) is 0 Å². The average molecular weight is 217 g/mol. The molecule has 0 amide bonds. The lowest BCUT2D eigenvalue weighted by atomic mass is 9.99. The largest absolute Gasteiger partial charge is 0.326 e. The Hall–Kier alpha value is -0.930. The molecule has 1 aliphatic heterocycles. The molecule has 3 rings (SSSR count). The zero-order valence-electron chi connectivity index (χ0n) is 9.55. The van der Waals surface area contributed by atoms with Gasteiger partial charge in [-0.05, 0) is 42.4 Å². The first-order valence-corrected chi connectivity index (χ1v) is 6.20. The molecule has 1 aromatic rings. The van der Waals surface area contributed by atoms with E-state index in [2.05, 4.69) is 22.0 Å². The molecule has 0 spiro atoms. The Bertz CT molecular complexity index is 347. The molecule has 86 valence electrons. The van der Waals surface area contributed by atoms with Crippen LogP contribution in [0.15, 0.2) is 24.5 Å². The summed E-state index contributed by atoms with van der Waals surface area (Å²) < 4.78 is 0. The van der Waals surface area contributed by atoms with E-state index in [1.807, 2.05) is 12.4 Å². The van der Waals surface area contributed by atoms with Crippen LogP contribution in [-0.2, 0) is 6.54 Å². The number of hydrogen-bond donors (Lipinski definition) is 1. The summed E-state index contributed by atoms with van der Waals surface area (Å²) in [5, 5.41) is 0. The molecule has 3 nitrogen and oxygen atoms in total. The summed E-state index contributed by atoms with van der Waals surface area (Å²) in [7, 11) is 0. The number of nitrogens with two attached hydrogens (primary N) is 1. The molecule has 2 atom stereocenters. The number of pyridine rings is 1. The Kier molecular flexibility index (Phi) is 2.65. The highest BCUT2D eigenvalue weighted by Crippen LogP contribution is 2.41. The molecule has 0 unspecified atom stereocenters. The van der Waals surface area contributed by atoms with Crippen molar-refractivity contribution < 1.29 is 0 Å². The molecule has 1 aliphatic carbocycles. The molecule has 16 heavy (non-hydrogen) atoms. The molecule has 0 aromatic carbocycles. The first-order valence-electron chi connectivity index (χ1n) is 6.20. The highest BCUT2D eigenvalue weighted by molar-refractivity contribution is 5.10. The SMILES string of the molecule is N[C@@H]1CN(Cc2ccncc2)C[C@H]1C1CC1. The molecular weight excluding hydrogens is 198 g/mol. The minimum Gasteiger partial charge on any atom is -0.326 e. The Morgan fingerprint density at radius 1 is 1.25 bits per heavy atom. The zero-order valence-corrected chi connectivity index (χ0v) is 9.55. The van der Waals surface area contributed by atoms with E-state index in [-0.39, 0.29) is 0 Å². The van der Waals surface area contributed by atoms with Crippen LogP contribution in [0.3, 0.4) is 0 Å². The maximum Gasteiger partial charge on any atom is 0.0271 e. The van der Waals surface area contributed by atoms with E-state index >= 15 is 0 Å². The van der Waals surface area contributed by atoms with E-state index in [4.69, 9.17) is 5.73 Å². The first-order chi connectivity index (χ1) is 7.83. The Morgan fingerprint density at radius 3 is 2.69 bits per heavy atom. The summed E-state index contributed by atoms with van der Waals surface area (Å²) in [5.74, 6) is 1.68. The van der Waals surface area contributed by atoms with Gasteiger partial charge in [-0.3, -0.25) is 9.88 Å². The summed E-state index contributed by atoms with van der Waals surface area (Å²) in [6.07, 6.45) is 6.54. The van der Waals surface area contributed by atoms with Gasteiger partial charge >= 0.3 is 0 Å². The van der Waals surface area contributed by atoms with Crippen molar-refractivity contribution in [1.29, 1.82) is 0 Å². The van der Waals surface area contributed by atoms with E-state index in [0.717, 1.165) is 24.9 Å². The summed E-state index contributed by atoms with van der Waals surface area (Å²) in [6.45, 7) is 3.27. The van der Waals surface area contributed by atoms with Gasteiger partial charge in [0.25, 0.3) is 0 Å². The van der Waals surface area contributed by atoms with E-state index in [9.17, 15) is 0 Å². The molecule has 2 fully saturated rings. The summed E-state index contributed by atoms with van der Waals surface area (Å²) >= 11 is 0. The highest BCUT2D eigenvalue weighted by atomic mass is 15.2. The van der Waals surface area contributed by atoms with Crippen molar-refractivity contribution in [2.24, 2.45) is 17.6 Å². The van der Waals surface area contributed by atoms with Gasteiger partial charge < -0.3 is 5.73 Å². The molecule has 1 aromatic heterocycles. The van der Waals surface area contributed by atoms with Crippen LogP contribution in [0, 0.1) is 11.8 Å². The minimum atomic E-state index is 0.398. The van der Waals surface area contributed by atoms with Gasteiger partial charge in [-0.2, -0.15) is 0 Å². The topological polar surface area (TPSA) is 42.1 Å². The monoisotopic (exact) mass is 217 g/mol. The fourth-order valence-corrected chi connectivity index (χ4v) is 2.84. The van der Waals surface area contributed by atoms with Crippen LogP contribution in [0.4, 0.5) is 0 Å². The van der Waals surface area contributed by atoms with Gasteiger partial charge in [-0.15, -0.1) is 0 Å². The van der Waals surface area contributed by atoms with Gasteiger partial charge in [-0.25, -0.2) is 0 Å². The number of aromatic nitrogens is 1. The van der Waals surface area contributed by atoms with Crippen molar-refractivity contribution >= 4 is 0 Å². The van der Waals surface area contributed by atoms with Crippen LogP contribution in [-0.4, -0.2) is 29.0 Å². The number of likely N-dealkylation sites (tertiary alicyclic amines) is 1. The first kappa shape index (κ1) is 10.2. The highest BCUT2D eigenvalue weighted by Gasteiger charge is 2.40. The lowest BCUT2D eigenvalue weighted by molar-refractivity contribution is 0.309. The third-order valence-corrected chi connectivity index (χ3v) is 3.87. The predicted molar refractivity (Wildman–Crippen MR) is 63.7 cm³/mol. The predicted octanol–water partition coefficient (Wildman–Crippen LogP) is 1.25. The third kappa shape index (κ3) is 2.11. The fourth-order valence-electron chi connectivity index (χ4n) is 2.84. The van der Waals surface area contributed by atoms with Crippen LogP contribution in [0.25, 0.3) is 0 Å². The fraction of sp³-hybridized carbons (Fsp3) is 0.615. The second-order valence-corrected chi connectivity index (χ2v) is 5.21. The smallest absolute Gasteiger partial charge is 0.0271 e. The molecule has 2 heterocycles. The molecule has 1 saturated heterocycles. The molecule has 1 saturated carbocycles. The zero-order chi connectivity index (χ0) is 11.0. The third-order valence-electron chi connectivity index (χ3n) is 3.87. The summed E-state index contributed by atoms with van der Waals surface area (Å²) in [6, 6.07) is 4.58. The van der Waals surface area contributed by atoms with Crippen LogP contribution in [0.2, 0.25) is 0 Å². The molecule has 2 N–H and O–H groups in total. The Balaban J connectivity index is 1.61. The second kappa shape index (κ2) is 4.15. The van der Waals surface area contributed by atoms with Crippen LogP contribution < -0.4 is 5.73 Å². The van der Waals surface area contributed by atoms with Crippen molar-refractivity contribution in [2.75, 3.05) is 13.1 Å². The van der Waals surface area contributed by atoms with Crippen molar-refractivity contribution in [2.45, 2.75) is 25.4 Å². The van der Waals surface area contributed by atoms with Crippen LogP contribution >= 0.6 is 0 Å². The Labute approximate surface area is 96.7 Å². The van der Waals surface area contributed by atoms with Gasteiger partial charge in [0.1, 0.15) is 0 Å². The summed E-state index contributed by atoms with van der Waals surface area (Å²) in [5.41, 5.74) is 7.56. The number of nitrogens with zero attached hydrogens (tertiary/aromatic N) is 2. The van der Waals surface area contributed by atoms with Gasteiger partial charge in [-0.1, -0.05) is 0 Å². The quantitative estimate of drug-likeness (QED) is 0.828. The van der Waals surface area contributed by atoms with Crippen molar-refractivity contribution in [3.63, 3.8) is 0 Å². The minimum absolute atomic E-state index is 0.398. The van der Waals surface area contributed by atoms with Gasteiger partial charge in [0.2, 0.25) is 0 Å². The molecule has 0 bridgehead atoms. The second-order valence-electron chi connectivity index (χ2n) is 5.21. The van der Waals surface area contributed by atoms with E-state index in [1.165, 1.54) is 24.9 Å². The number of rotatable bonds is 3. The molecule has 0 radical (unpaired) electrons. The lowest BCUT2D eigenvalue weighted by Crippen LogP contribution is -2.30. The maximum absolute atomic E-state index is 6.21. The number of hydrogen-bond acceptors (Lipinski definition) is 3. The van der Waals surface area contributed by atoms with Crippen molar-refractivity contribution in [3.05, 3.63) is 30.1 Å². The van der Waals surface area contributed by atoms with E-state index in [1.54, 1.807) is 0 Å². The van der Waals surface area contributed by atoms with E-state index < -0.39 is 0 Å². The summed E-state index contributed by atoms with van der Waals surface area (Å²) in [4.78, 5) is 6.53. The molecule has 2 aliphatic rings. The molecular formula is C13H19N3. The van der Waals surface area contributed by atoms with Crippen molar-refractivity contribution in [1.82, 2.24) is 9.88 Å². The van der Waals surface area contributed by atoms with Gasteiger partial charge in [0, 0.05) is 38.1 Å². The molecule has 3 heteroatoms. The van der Waals surface area contributed by atoms with Gasteiger partial charge in [0.05, 0.1) is 0 Å². The van der Waals surface area contributed by atoms with Crippen LogP contribution in [0.5, 0.6) is 0 Å². The van der Waals surface area contributed by atoms with Crippen LogP contribution in [0.1, 0.15) is 18.4 Å². The van der Waals surface area contributed by atoms with Crippen molar-refractivity contribution in [3.8, 4) is 0 Å². The standard InChI is InChI=1S/C13H19N3/c14-13-9-16(8-12(13)11-1-2-11)7-10-3-5-15-6-4-10/h3-6,11-13H,1-2,7-9,14H2/t12-,13+/m0/s1. The Morgan fingerprint density at radius 2 is 2.00 bits per heavy atom. The normalized spacial score (nSPS) is 30.8. The maximum atomic E-state index is 6.21. The van der Waals surface area contributed by atoms with E-state index in [0.29, 0.717) is 6.04 Å². The average Bonchev–Trinajstić information content (AvgIpc) is 3.06. The lowest BCUT2D eigenvalue weighted by Gasteiger charge is -2.15.